The molecule has 0 aromatic rings. The van der Waals surface area contributed by atoms with Gasteiger partial charge in [-0.05, 0) is 21.1 Å². The Morgan fingerprint density at radius 3 is 1.14 bits per heavy atom. The monoisotopic (exact) mass is 101 g/mol. The minimum Gasteiger partial charge on any atom is -0.331 e. The summed E-state index contributed by atoms with van der Waals surface area (Å²) in [6.45, 7) is 0. The van der Waals surface area contributed by atoms with Crippen molar-refractivity contribution >= 4 is 7.12 Å². The van der Waals surface area contributed by atoms with E-state index in [0.29, 0.717) is 0 Å². The highest BCUT2D eigenvalue weighted by Gasteiger charge is 2.02. The van der Waals surface area contributed by atoms with E-state index in [-0.39, 0.29) is 7.12 Å². The molecule has 3 N–H and O–H groups in total. The number of hydrogen-bond acceptors (Lipinski definition) is 3. The average Bonchev–Trinajstić information content (AvgIpc) is 1.72. The van der Waals surface area contributed by atoms with Crippen LogP contribution in [0.15, 0.2) is 0 Å². The molecule has 0 spiro atoms. The molecule has 0 unspecified atom stereocenters. The molecule has 42 valence electrons. The molecule has 4 heteroatoms. The van der Waals surface area contributed by atoms with Gasteiger partial charge < -0.3 is 15.7 Å². The van der Waals surface area contributed by atoms with Crippen molar-refractivity contribution in [2.24, 2.45) is 0 Å². The maximum absolute atomic E-state index is 2.98. The molecule has 0 aromatic heterocycles. The van der Waals surface area contributed by atoms with Gasteiger partial charge in [0.05, 0.1) is 0 Å². The van der Waals surface area contributed by atoms with Gasteiger partial charge in [-0.1, -0.05) is 0 Å². The molecule has 0 aliphatic carbocycles. The van der Waals surface area contributed by atoms with Gasteiger partial charge in [0.1, 0.15) is 0 Å². The maximum Gasteiger partial charge on any atom is 0.394 e. The Bertz CT molecular complexity index is 31.7. The molecule has 0 saturated heterocycles. The van der Waals surface area contributed by atoms with E-state index >= 15 is 0 Å². The fourth-order valence-corrected chi connectivity index (χ4v) is 0.433. The van der Waals surface area contributed by atoms with Gasteiger partial charge in [-0.3, -0.25) is 0 Å². The second-order valence-electron chi connectivity index (χ2n) is 1.30. The third-order valence-electron chi connectivity index (χ3n) is 0.866. The maximum atomic E-state index is 2.98. The van der Waals surface area contributed by atoms with E-state index in [1.165, 1.54) is 0 Å². The first kappa shape index (κ1) is 6.94. The SMILES string of the molecule is CNB(NC)NC. The summed E-state index contributed by atoms with van der Waals surface area (Å²) in [6, 6.07) is 0. The first-order valence-electron chi connectivity index (χ1n) is 2.37. The summed E-state index contributed by atoms with van der Waals surface area (Å²) in [5.74, 6) is 0. The van der Waals surface area contributed by atoms with Crippen LogP contribution in [0.2, 0.25) is 0 Å². The van der Waals surface area contributed by atoms with Crippen molar-refractivity contribution in [1.82, 2.24) is 15.7 Å². The van der Waals surface area contributed by atoms with Gasteiger partial charge in [0, 0.05) is 0 Å². The number of rotatable bonds is 3. The van der Waals surface area contributed by atoms with Crippen LogP contribution in [0.25, 0.3) is 0 Å². The van der Waals surface area contributed by atoms with E-state index in [1.807, 2.05) is 21.1 Å². The molecule has 0 heterocycles. The Kier molecular flexibility index (Phi) is 4.08. The third-order valence-corrected chi connectivity index (χ3v) is 0.866. The van der Waals surface area contributed by atoms with Crippen LogP contribution in [0.3, 0.4) is 0 Å². The van der Waals surface area contributed by atoms with Crippen LogP contribution in [0.4, 0.5) is 0 Å². The molecule has 7 heavy (non-hydrogen) atoms. The molecule has 0 aromatic carbocycles. The zero-order valence-corrected chi connectivity index (χ0v) is 5.08. The first-order valence-corrected chi connectivity index (χ1v) is 2.37. The van der Waals surface area contributed by atoms with Gasteiger partial charge in [-0.15, -0.1) is 0 Å². The second kappa shape index (κ2) is 4.11. The lowest BCUT2D eigenvalue weighted by molar-refractivity contribution is 0.981. The summed E-state index contributed by atoms with van der Waals surface area (Å²) in [7, 11) is 5.90. The van der Waals surface area contributed by atoms with E-state index in [0.717, 1.165) is 0 Å². The minimum absolute atomic E-state index is 0.236. The Balaban J connectivity index is 2.99. The fraction of sp³-hybridized carbons (Fsp3) is 1.00. The van der Waals surface area contributed by atoms with Crippen molar-refractivity contribution in [3.8, 4) is 0 Å². The Labute approximate surface area is 45.0 Å². The van der Waals surface area contributed by atoms with Gasteiger partial charge >= 0.3 is 7.12 Å². The molecule has 0 aliphatic rings. The zero-order valence-electron chi connectivity index (χ0n) is 5.08. The minimum atomic E-state index is 0.236. The topological polar surface area (TPSA) is 36.1 Å². The van der Waals surface area contributed by atoms with Gasteiger partial charge in [-0.25, -0.2) is 0 Å². The van der Waals surface area contributed by atoms with Crippen LogP contribution in [0.5, 0.6) is 0 Å². The summed E-state index contributed by atoms with van der Waals surface area (Å²) in [6.07, 6.45) is 0. The van der Waals surface area contributed by atoms with E-state index in [2.05, 4.69) is 15.7 Å². The third kappa shape index (κ3) is 2.62. The molecule has 0 atom stereocenters. The predicted octanol–water partition coefficient (Wildman–Crippen LogP) is -1.37. The summed E-state index contributed by atoms with van der Waals surface area (Å²) in [5.41, 5.74) is 0. The Hall–Kier alpha value is -0.0551. The van der Waals surface area contributed by atoms with E-state index in [9.17, 15) is 0 Å². The van der Waals surface area contributed by atoms with Crippen molar-refractivity contribution in [2.75, 3.05) is 21.1 Å². The molecule has 0 rings (SSSR count). The van der Waals surface area contributed by atoms with Gasteiger partial charge in [0.25, 0.3) is 0 Å². The molecule has 0 bridgehead atoms. The molecular formula is C3H12BN3. The van der Waals surface area contributed by atoms with Crippen molar-refractivity contribution in [3.05, 3.63) is 0 Å². The van der Waals surface area contributed by atoms with Crippen LogP contribution in [0.1, 0.15) is 0 Å². The predicted molar refractivity (Wildman–Crippen MR) is 32.9 cm³/mol. The van der Waals surface area contributed by atoms with E-state index < -0.39 is 0 Å². The average molecular weight is 101 g/mol. The van der Waals surface area contributed by atoms with Crippen LogP contribution in [-0.2, 0) is 0 Å². The molecule has 0 radical (unpaired) electrons. The Morgan fingerprint density at radius 2 is 1.14 bits per heavy atom. The lowest BCUT2D eigenvalue weighted by Gasteiger charge is -2.05. The summed E-state index contributed by atoms with van der Waals surface area (Å²) in [4.78, 5) is 0. The van der Waals surface area contributed by atoms with Crippen molar-refractivity contribution in [3.63, 3.8) is 0 Å². The molecule has 0 aliphatic heterocycles. The summed E-state index contributed by atoms with van der Waals surface area (Å²) in [5, 5.41) is 8.94. The highest BCUT2D eigenvalue weighted by molar-refractivity contribution is 6.49. The van der Waals surface area contributed by atoms with Gasteiger partial charge in [0.2, 0.25) is 0 Å². The van der Waals surface area contributed by atoms with Crippen molar-refractivity contribution < 1.29 is 0 Å². The lowest BCUT2D eigenvalue weighted by Crippen LogP contribution is -2.53. The van der Waals surface area contributed by atoms with Gasteiger partial charge in [0.15, 0.2) is 0 Å². The van der Waals surface area contributed by atoms with Crippen molar-refractivity contribution in [1.29, 1.82) is 0 Å². The quantitative estimate of drug-likeness (QED) is 0.384. The second-order valence-corrected chi connectivity index (χ2v) is 1.30. The highest BCUT2D eigenvalue weighted by Crippen LogP contribution is 1.49. The molecule has 0 amide bonds. The molecule has 3 nitrogen and oxygen atoms in total. The van der Waals surface area contributed by atoms with Crippen LogP contribution < -0.4 is 15.7 Å². The molecular weight excluding hydrogens is 88.9 g/mol. The zero-order chi connectivity index (χ0) is 5.70. The summed E-state index contributed by atoms with van der Waals surface area (Å²) < 4.78 is 0. The lowest BCUT2D eigenvalue weighted by atomic mass is 9.97. The van der Waals surface area contributed by atoms with E-state index in [1.54, 1.807) is 0 Å². The van der Waals surface area contributed by atoms with Crippen LogP contribution >= 0.6 is 0 Å². The number of hydrogen-bond donors (Lipinski definition) is 3. The fourth-order valence-electron chi connectivity index (χ4n) is 0.433. The summed E-state index contributed by atoms with van der Waals surface area (Å²) >= 11 is 0. The highest BCUT2D eigenvalue weighted by atomic mass is 15.0. The first-order chi connectivity index (χ1) is 3.35. The van der Waals surface area contributed by atoms with Crippen molar-refractivity contribution in [2.45, 2.75) is 0 Å². The van der Waals surface area contributed by atoms with Crippen LogP contribution in [0, 0.1) is 0 Å². The Morgan fingerprint density at radius 1 is 0.857 bits per heavy atom. The van der Waals surface area contributed by atoms with Gasteiger partial charge in [-0.2, -0.15) is 0 Å². The standard InChI is InChI=1S/C3H12BN3/c1-5-4(6-2)7-3/h5-7H,1-3H3. The molecule has 0 fully saturated rings. The normalized spacial score (nSPS) is 9.00. The number of nitrogens with one attached hydrogen (secondary N) is 3. The molecule has 0 saturated carbocycles. The van der Waals surface area contributed by atoms with E-state index in [4.69, 9.17) is 0 Å². The van der Waals surface area contributed by atoms with Crippen LogP contribution in [-0.4, -0.2) is 28.3 Å². The largest absolute Gasteiger partial charge is 0.394 e. The smallest absolute Gasteiger partial charge is 0.331 e.